The highest BCUT2D eigenvalue weighted by molar-refractivity contribution is 7.17. The van der Waals surface area contributed by atoms with E-state index in [1.54, 1.807) is 24.6 Å². The Balaban J connectivity index is 1.69. The highest BCUT2D eigenvalue weighted by Gasteiger charge is 2.20. The second-order valence-corrected chi connectivity index (χ2v) is 8.53. The minimum Gasteiger partial charge on any atom is -0.496 e. The minimum atomic E-state index is -0.490. The zero-order chi connectivity index (χ0) is 21.1. The highest BCUT2D eigenvalue weighted by Crippen LogP contribution is 2.20. The number of benzene rings is 1. The van der Waals surface area contributed by atoms with Crippen LogP contribution in [0.5, 0.6) is 5.75 Å². The molecule has 0 spiro atoms. The summed E-state index contributed by atoms with van der Waals surface area (Å²) in [5, 5.41) is 4.82. The van der Waals surface area contributed by atoms with Gasteiger partial charge in [-0.3, -0.25) is 18.7 Å². The van der Waals surface area contributed by atoms with Gasteiger partial charge in [-0.25, -0.2) is 4.79 Å². The van der Waals surface area contributed by atoms with Gasteiger partial charge in [0.15, 0.2) is 0 Å². The van der Waals surface area contributed by atoms with E-state index in [-0.39, 0.29) is 30.6 Å². The van der Waals surface area contributed by atoms with E-state index in [1.165, 1.54) is 26.9 Å². The van der Waals surface area contributed by atoms with Crippen LogP contribution in [-0.4, -0.2) is 28.2 Å². The first-order chi connectivity index (χ1) is 14.6. The second kappa shape index (κ2) is 8.87. The van der Waals surface area contributed by atoms with Gasteiger partial charge in [-0.05, 0) is 30.4 Å². The Bertz CT molecular complexity index is 1170. The van der Waals surface area contributed by atoms with Crippen molar-refractivity contribution in [2.45, 2.75) is 51.2 Å². The van der Waals surface area contributed by atoms with Crippen molar-refractivity contribution in [3.63, 3.8) is 0 Å². The number of amides is 1. The molecule has 1 aliphatic rings. The fourth-order valence-electron chi connectivity index (χ4n) is 4.09. The Morgan fingerprint density at radius 1 is 1.13 bits per heavy atom. The van der Waals surface area contributed by atoms with Crippen molar-refractivity contribution in [1.82, 2.24) is 14.5 Å². The van der Waals surface area contributed by atoms with Crippen LogP contribution in [0.1, 0.15) is 37.7 Å². The SMILES string of the molecule is COc1ccccc1Cn1c(=O)c2sccc2n(CC(=O)NC2CCCCC2)c1=O. The molecule has 0 atom stereocenters. The number of hydrogen-bond acceptors (Lipinski definition) is 5. The van der Waals surface area contributed by atoms with Crippen molar-refractivity contribution < 1.29 is 9.53 Å². The number of methoxy groups -OCH3 is 1. The van der Waals surface area contributed by atoms with Gasteiger partial charge in [-0.15, -0.1) is 11.3 Å². The molecule has 1 fully saturated rings. The molecule has 1 aromatic carbocycles. The van der Waals surface area contributed by atoms with Crippen molar-refractivity contribution in [3.8, 4) is 5.75 Å². The molecule has 8 heteroatoms. The summed E-state index contributed by atoms with van der Waals surface area (Å²) in [6.07, 6.45) is 5.38. The van der Waals surface area contributed by atoms with Crippen molar-refractivity contribution in [1.29, 1.82) is 0 Å². The van der Waals surface area contributed by atoms with Gasteiger partial charge in [0.1, 0.15) is 17.0 Å². The first kappa shape index (κ1) is 20.4. The first-order valence-electron chi connectivity index (χ1n) is 10.2. The van der Waals surface area contributed by atoms with Crippen LogP contribution >= 0.6 is 11.3 Å². The molecule has 1 N–H and O–H groups in total. The number of hydrogen-bond donors (Lipinski definition) is 1. The predicted octanol–water partition coefficient (Wildman–Crippen LogP) is 2.73. The minimum absolute atomic E-state index is 0.0831. The van der Waals surface area contributed by atoms with Gasteiger partial charge >= 0.3 is 5.69 Å². The Hall–Kier alpha value is -2.87. The summed E-state index contributed by atoms with van der Waals surface area (Å²) >= 11 is 1.28. The number of para-hydroxylation sites is 1. The average molecular weight is 428 g/mol. The molecule has 1 saturated carbocycles. The lowest BCUT2D eigenvalue weighted by molar-refractivity contribution is -0.122. The lowest BCUT2D eigenvalue weighted by Crippen LogP contribution is -2.44. The number of carbonyl (C=O) groups is 1. The van der Waals surface area contributed by atoms with Crippen molar-refractivity contribution in [2.24, 2.45) is 0 Å². The number of rotatable bonds is 6. The van der Waals surface area contributed by atoms with Gasteiger partial charge in [-0.1, -0.05) is 37.5 Å². The third-order valence-corrected chi connectivity index (χ3v) is 6.52. The number of aromatic nitrogens is 2. The van der Waals surface area contributed by atoms with Crippen LogP contribution in [0.15, 0.2) is 45.3 Å². The maximum Gasteiger partial charge on any atom is 0.332 e. The van der Waals surface area contributed by atoms with Crippen LogP contribution in [0, 0.1) is 0 Å². The zero-order valence-electron chi connectivity index (χ0n) is 16.9. The van der Waals surface area contributed by atoms with Crippen LogP contribution in [0.25, 0.3) is 10.2 Å². The normalized spacial score (nSPS) is 14.7. The van der Waals surface area contributed by atoms with Crippen molar-refractivity contribution >= 4 is 27.5 Å². The third kappa shape index (κ3) is 4.05. The first-order valence-corrected chi connectivity index (χ1v) is 11.1. The summed E-state index contributed by atoms with van der Waals surface area (Å²) in [5.74, 6) is 0.413. The number of fused-ring (bicyclic) bond motifs is 1. The maximum atomic E-state index is 13.2. The Morgan fingerprint density at radius 3 is 2.67 bits per heavy atom. The van der Waals surface area contributed by atoms with Crippen LogP contribution in [0.2, 0.25) is 0 Å². The maximum absolute atomic E-state index is 13.2. The van der Waals surface area contributed by atoms with E-state index < -0.39 is 5.69 Å². The summed E-state index contributed by atoms with van der Waals surface area (Å²) < 4.78 is 8.42. The van der Waals surface area contributed by atoms with E-state index in [0.717, 1.165) is 31.2 Å². The van der Waals surface area contributed by atoms with E-state index in [9.17, 15) is 14.4 Å². The Kier molecular flexibility index (Phi) is 6.03. The molecular weight excluding hydrogens is 402 g/mol. The lowest BCUT2D eigenvalue weighted by Gasteiger charge is -2.23. The van der Waals surface area contributed by atoms with E-state index in [2.05, 4.69) is 5.32 Å². The van der Waals surface area contributed by atoms with Crippen molar-refractivity contribution in [2.75, 3.05) is 7.11 Å². The largest absolute Gasteiger partial charge is 0.496 e. The molecule has 1 amide bonds. The molecule has 7 nitrogen and oxygen atoms in total. The summed E-state index contributed by atoms with van der Waals surface area (Å²) in [5.41, 5.74) is 0.397. The molecule has 0 radical (unpaired) electrons. The number of carbonyl (C=O) groups excluding carboxylic acids is 1. The van der Waals surface area contributed by atoms with Gasteiger partial charge in [0.25, 0.3) is 5.56 Å². The van der Waals surface area contributed by atoms with Gasteiger partial charge in [0.2, 0.25) is 5.91 Å². The fourth-order valence-corrected chi connectivity index (χ4v) is 4.94. The molecule has 2 heterocycles. The van der Waals surface area contributed by atoms with Gasteiger partial charge in [-0.2, -0.15) is 0 Å². The third-order valence-electron chi connectivity index (χ3n) is 5.63. The molecule has 1 aliphatic carbocycles. The standard InChI is InChI=1S/C22H25N3O4S/c1-29-18-10-6-5-7-15(18)13-25-21(27)20-17(11-12-30-20)24(22(25)28)14-19(26)23-16-8-3-2-4-9-16/h5-7,10-12,16H,2-4,8-9,13-14H2,1H3,(H,23,26). The molecule has 2 aromatic heterocycles. The van der Waals surface area contributed by atoms with E-state index >= 15 is 0 Å². The Labute approximate surface area is 177 Å². The van der Waals surface area contributed by atoms with E-state index in [1.807, 2.05) is 18.2 Å². The summed E-state index contributed by atoms with van der Waals surface area (Å²) in [7, 11) is 1.55. The lowest BCUT2D eigenvalue weighted by atomic mass is 9.95. The van der Waals surface area contributed by atoms with Crippen LogP contribution < -0.4 is 21.3 Å². The average Bonchev–Trinajstić information content (AvgIpc) is 3.25. The number of thiophene rings is 1. The summed E-state index contributed by atoms with van der Waals surface area (Å²) in [6.45, 7) is -0.0193. The molecule has 0 saturated heterocycles. The monoisotopic (exact) mass is 427 g/mol. The van der Waals surface area contributed by atoms with E-state index in [4.69, 9.17) is 4.74 Å². The molecule has 3 aromatic rings. The molecular formula is C22H25N3O4S. The number of ether oxygens (including phenoxy) is 1. The zero-order valence-corrected chi connectivity index (χ0v) is 17.7. The molecule has 0 bridgehead atoms. The molecule has 30 heavy (non-hydrogen) atoms. The summed E-state index contributed by atoms with van der Waals surface area (Å²) in [4.78, 5) is 38.9. The van der Waals surface area contributed by atoms with Crippen LogP contribution in [0.4, 0.5) is 0 Å². The molecule has 0 aliphatic heterocycles. The van der Waals surface area contributed by atoms with Gasteiger partial charge in [0.05, 0.1) is 19.2 Å². The summed E-state index contributed by atoms with van der Waals surface area (Å²) in [6, 6.07) is 9.18. The highest BCUT2D eigenvalue weighted by atomic mass is 32.1. The Morgan fingerprint density at radius 2 is 1.90 bits per heavy atom. The van der Waals surface area contributed by atoms with Crippen molar-refractivity contribution in [3.05, 3.63) is 62.1 Å². The van der Waals surface area contributed by atoms with Crippen LogP contribution in [-0.2, 0) is 17.9 Å². The van der Waals surface area contributed by atoms with Crippen LogP contribution in [0.3, 0.4) is 0 Å². The van der Waals surface area contributed by atoms with Gasteiger partial charge < -0.3 is 10.1 Å². The second-order valence-electron chi connectivity index (χ2n) is 7.61. The smallest absolute Gasteiger partial charge is 0.332 e. The quantitative estimate of drug-likeness (QED) is 0.656. The fraction of sp³-hybridized carbons (Fsp3) is 0.409. The predicted molar refractivity (Wildman–Crippen MR) is 117 cm³/mol. The van der Waals surface area contributed by atoms with Gasteiger partial charge in [0, 0.05) is 11.6 Å². The number of nitrogens with one attached hydrogen (secondary N) is 1. The number of nitrogens with zero attached hydrogens (tertiary/aromatic N) is 2. The molecule has 0 unspecified atom stereocenters. The molecule has 4 rings (SSSR count). The van der Waals surface area contributed by atoms with E-state index in [0.29, 0.717) is 16.0 Å². The molecule has 158 valence electrons. The topological polar surface area (TPSA) is 82.3 Å².